The Balaban J connectivity index is 1.95. The van der Waals surface area contributed by atoms with Gasteiger partial charge in [0.25, 0.3) is 0 Å². The van der Waals surface area contributed by atoms with E-state index in [2.05, 4.69) is 28.9 Å². The maximum Gasteiger partial charge on any atom is 0.320 e. The van der Waals surface area contributed by atoms with Gasteiger partial charge in [-0.05, 0) is 36.5 Å². The van der Waals surface area contributed by atoms with Gasteiger partial charge < -0.3 is 9.80 Å². The number of nitrogens with zero attached hydrogens (tertiary/aromatic N) is 2. The van der Waals surface area contributed by atoms with Gasteiger partial charge in [-0.3, -0.25) is 0 Å². The monoisotopic (exact) mass is 324 g/mol. The van der Waals surface area contributed by atoms with E-state index < -0.39 is 0 Å². The van der Waals surface area contributed by atoms with Crippen LogP contribution in [0.15, 0.2) is 28.7 Å². The molecule has 0 N–H and O–H groups in total. The Morgan fingerprint density at radius 1 is 1.53 bits per heavy atom. The molecule has 0 bridgehead atoms. The second-order valence-electron chi connectivity index (χ2n) is 5.46. The van der Waals surface area contributed by atoms with Crippen molar-refractivity contribution in [1.82, 2.24) is 9.80 Å². The lowest BCUT2D eigenvalue weighted by atomic mass is 10.0. The summed E-state index contributed by atoms with van der Waals surface area (Å²) in [6.45, 7) is 4.66. The summed E-state index contributed by atoms with van der Waals surface area (Å²) in [7, 11) is 1.88. The van der Waals surface area contributed by atoms with Gasteiger partial charge in [-0.15, -0.1) is 0 Å². The molecule has 0 aromatic heterocycles. The van der Waals surface area contributed by atoms with Gasteiger partial charge in [-0.2, -0.15) is 0 Å². The van der Waals surface area contributed by atoms with Crippen LogP contribution in [0.2, 0.25) is 0 Å². The molecule has 1 heterocycles. The summed E-state index contributed by atoms with van der Waals surface area (Å²) in [4.78, 5) is 16.2. The van der Waals surface area contributed by atoms with Crippen molar-refractivity contribution < 1.29 is 4.79 Å². The highest BCUT2D eigenvalue weighted by molar-refractivity contribution is 9.10. The van der Waals surface area contributed by atoms with E-state index in [4.69, 9.17) is 0 Å². The number of hydrogen-bond acceptors (Lipinski definition) is 1. The number of hydrogen-bond donors (Lipinski definition) is 0. The van der Waals surface area contributed by atoms with Crippen LogP contribution < -0.4 is 0 Å². The largest absolute Gasteiger partial charge is 0.324 e. The van der Waals surface area contributed by atoms with Crippen molar-refractivity contribution in [3.63, 3.8) is 0 Å². The van der Waals surface area contributed by atoms with Gasteiger partial charge >= 0.3 is 6.03 Å². The first kappa shape index (κ1) is 14.4. The number of halogens is 1. The van der Waals surface area contributed by atoms with E-state index in [-0.39, 0.29) is 6.03 Å². The molecule has 2 amide bonds. The molecule has 1 unspecified atom stereocenters. The maximum absolute atomic E-state index is 12.4. The number of urea groups is 1. The Hall–Kier alpha value is -1.03. The Labute approximate surface area is 123 Å². The number of rotatable bonds is 2. The van der Waals surface area contributed by atoms with Crippen LogP contribution in [-0.2, 0) is 6.54 Å². The molecular weight excluding hydrogens is 304 g/mol. The van der Waals surface area contributed by atoms with E-state index in [1.165, 1.54) is 6.42 Å². The summed E-state index contributed by atoms with van der Waals surface area (Å²) in [6.07, 6.45) is 2.36. The van der Waals surface area contributed by atoms with Crippen molar-refractivity contribution in [2.45, 2.75) is 26.3 Å². The van der Waals surface area contributed by atoms with Crippen LogP contribution in [0, 0.1) is 5.92 Å². The van der Waals surface area contributed by atoms with Crippen LogP contribution in [0.4, 0.5) is 4.79 Å². The van der Waals surface area contributed by atoms with Crippen molar-refractivity contribution in [2.24, 2.45) is 5.92 Å². The number of carbonyl (C=O) groups is 1. The minimum absolute atomic E-state index is 0.145. The molecule has 104 valence electrons. The predicted molar refractivity (Wildman–Crippen MR) is 81.0 cm³/mol. The summed E-state index contributed by atoms with van der Waals surface area (Å²) in [5.41, 5.74) is 1.15. The van der Waals surface area contributed by atoms with Gasteiger partial charge in [0.15, 0.2) is 0 Å². The van der Waals surface area contributed by atoms with Gasteiger partial charge in [0.2, 0.25) is 0 Å². The highest BCUT2D eigenvalue weighted by Crippen LogP contribution is 2.18. The van der Waals surface area contributed by atoms with Gasteiger partial charge in [-0.1, -0.05) is 35.0 Å². The molecule has 1 aromatic rings. The molecule has 1 fully saturated rings. The minimum atomic E-state index is 0.145. The fraction of sp³-hybridized carbons (Fsp3) is 0.533. The van der Waals surface area contributed by atoms with E-state index in [1.54, 1.807) is 4.90 Å². The lowest BCUT2D eigenvalue weighted by Crippen LogP contribution is -2.45. The van der Waals surface area contributed by atoms with E-state index in [9.17, 15) is 4.79 Å². The normalized spacial score (nSPS) is 19.3. The first-order valence-electron chi connectivity index (χ1n) is 6.80. The molecule has 0 saturated carbocycles. The van der Waals surface area contributed by atoms with Crippen LogP contribution in [-0.4, -0.2) is 36.0 Å². The van der Waals surface area contributed by atoms with E-state index in [1.807, 2.05) is 30.1 Å². The number of carbonyl (C=O) groups excluding carboxylic acids is 1. The Morgan fingerprint density at radius 3 is 3.00 bits per heavy atom. The molecule has 1 aliphatic rings. The fourth-order valence-electron chi connectivity index (χ4n) is 2.58. The smallest absolute Gasteiger partial charge is 0.320 e. The van der Waals surface area contributed by atoms with Crippen molar-refractivity contribution in [1.29, 1.82) is 0 Å². The molecule has 1 aromatic carbocycles. The maximum atomic E-state index is 12.4. The van der Waals surface area contributed by atoms with Crippen molar-refractivity contribution >= 4 is 22.0 Å². The average molecular weight is 325 g/mol. The lowest BCUT2D eigenvalue weighted by Gasteiger charge is -2.34. The highest BCUT2D eigenvalue weighted by atomic mass is 79.9. The third kappa shape index (κ3) is 3.96. The van der Waals surface area contributed by atoms with Gasteiger partial charge in [0.1, 0.15) is 0 Å². The Kier molecular flexibility index (Phi) is 4.86. The van der Waals surface area contributed by atoms with Crippen molar-refractivity contribution in [3.8, 4) is 0 Å². The minimum Gasteiger partial charge on any atom is -0.324 e. The number of piperidine rings is 1. The Bertz CT molecular complexity index is 450. The lowest BCUT2D eigenvalue weighted by molar-refractivity contribution is 0.137. The summed E-state index contributed by atoms with van der Waals surface area (Å²) in [5, 5.41) is 0. The standard InChI is InChI=1S/C15H21BrN2O/c1-12-5-4-8-18(10-12)15(19)17(2)11-13-6-3-7-14(16)9-13/h3,6-7,9,12H,4-5,8,10-11H2,1-2H3. The number of likely N-dealkylation sites (tertiary alicyclic amines) is 1. The van der Waals surface area contributed by atoms with Gasteiger partial charge in [0.05, 0.1) is 0 Å². The molecule has 0 spiro atoms. The predicted octanol–water partition coefficient (Wildman–Crippen LogP) is 3.73. The molecule has 1 atom stereocenters. The van der Waals surface area contributed by atoms with E-state index in [0.29, 0.717) is 12.5 Å². The molecule has 4 heteroatoms. The van der Waals surface area contributed by atoms with Crippen LogP contribution in [0.25, 0.3) is 0 Å². The third-order valence-corrected chi connectivity index (χ3v) is 4.06. The van der Waals surface area contributed by atoms with Gasteiger partial charge in [0, 0.05) is 31.2 Å². The van der Waals surface area contributed by atoms with Crippen LogP contribution in [0.5, 0.6) is 0 Å². The molecule has 0 radical (unpaired) electrons. The van der Waals surface area contributed by atoms with Crippen LogP contribution in [0.1, 0.15) is 25.3 Å². The molecule has 1 aliphatic heterocycles. The highest BCUT2D eigenvalue weighted by Gasteiger charge is 2.23. The molecule has 1 saturated heterocycles. The molecule has 0 aliphatic carbocycles. The average Bonchev–Trinajstić information content (AvgIpc) is 2.38. The SMILES string of the molecule is CC1CCCN(C(=O)N(C)Cc2cccc(Br)c2)C1. The molecule has 2 rings (SSSR count). The molecule has 3 nitrogen and oxygen atoms in total. The number of benzene rings is 1. The Morgan fingerprint density at radius 2 is 2.32 bits per heavy atom. The van der Waals surface area contributed by atoms with E-state index in [0.717, 1.165) is 29.5 Å². The topological polar surface area (TPSA) is 23.6 Å². The zero-order valence-electron chi connectivity index (χ0n) is 11.6. The zero-order valence-corrected chi connectivity index (χ0v) is 13.2. The second-order valence-corrected chi connectivity index (χ2v) is 6.38. The van der Waals surface area contributed by atoms with Crippen LogP contribution in [0.3, 0.4) is 0 Å². The molecule has 19 heavy (non-hydrogen) atoms. The fourth-order valence-corrected chi connectivity index (χ4v) is 3.03. The zero-order chi connectivity index (χ0) is 13.8. The van der Waals surface area contributed by atoms with E-state index >= 15 is 0 Å². The van der Waals surface area contributed by atoms with Crippen molar-refractivity contribution in [2.75, 3.05) is 20.1 Å². The van der Waals surface area contributed by atoms with Crippen LogP contribution >= 0.6 is 15.9 Å². The quantitative estimate of drug-likeness (QED) is 0.813. The van der Waals surface area contributed by atoms with Crippen molar-refractivity contribution in [3.05, 3.63) is 34.3 Å². The van der Waals surface area contributed by atoms with Gasteiger partial charge in [-0.25, -0.2) is 4.79 Å². The summed E-state index contributed by atoms with van der Waals surface area (Å²) < 4.78 is 1.05. The second kappa shape index (κ2) is 6.42. The third-order valence-electron chi connectivity index (χ3n) is 3.56. The summed E-state index contributed by atoms with van der Waals surface area (Å²) >= 11 is 3.46. The summed E-state index contributed by atoms with van der Waals surface area (Å²) in [6, 6.07) is 8.25. The summed E-state index contributed by atoms with van der Waals surface area (Å²) in [5.74, 6) is 0.622. The first-order valence-corrected chi connectivity index (χ1v) is 7.60. The number of amides is 2. The molecular formula is C15H21BrN2O. The first-order chi connectivity index (χ1) is 9.06.